The fourth-order valence-electron chi connectivity index (χ4n) is 3.46. The molecule has 1 aliphatic heterocycles. The number of fused-ring (bicyclic) bond motifs is 3. The lowest BCUT2D eigenvalue weighted by Crippen LogP contribution is -2.10. The first-order chi connectivity index (χ1) is 14.7. The SMILES string of the molecule is C1CCOCC1.Cn1c(Cc2ccc(NN)nn2)nc2cnc3ccc(Cl)cc3c21. The van der Waals surface area contributed by atoms with Crippen molar-refractivity contribution < 1.29 is 4.74 Å². The van der Waals surface area contributed by atoms with Crippen LogP contribution in [-0.2, 0) is 18.2 Å². The van der Waals surface area contributed by atoms with Gasteiger partial charge in [0.2, 0.25) is 0 Å². The quantitative estimate of drug-likeness (QED) is 0.381. The molecule has 1 fully saturated rings. The highest BCUT2D eigenvalue weighted by Crippen LogP contribution is 2.27. The monoisotopic (exact) mass is 425 g/mol. The number of anilines is 1. The van der Waals surface area contributed by atoms with E-state index in [-0.39, 0.29) is 0 Å². The van der Waals surface area contributed by atoms with Gasteiger partial charge in [0.1, 0.15) is 11.3 Å². The Morgan fingerprint density at radius 2 is 1.93 bits per heavy atom. The van der Waals surface area contributed by atoms with Gasteiger partial charge < -0.3 is 14.7 Å². The molecule has 1 aliphatic rings. The Kier molecular flexibility index (Phi) is 6.37. The number of hydrogen-bond acceptors (Lipinski definition) is 7. The van der Waals surface area contributed by atoms with Gasteiger partial charge in [0.25, 0.3) is 0 Å². The van der Waals surface area contributed by atoms with Crippen molar-refractivity contribution in [3.8, 4) is 0 Å². The van der Waals surface area contributed by atoms with Crippen molar-refractivity contribution in [2.75, 3.05) is 18.6 Å². The number of ether oxygens (including phenoxy) is 1. The van der Waals surface area contributed by atoms with Gasteiger partial charge in [-0.3, -0.25) is 4.98 Å². The lowest BCUT2D eigenvalue weighted by molar-refractivity contribution is 0.0968. The van der Waals surface area contributed by atoms with Gasteiger partial charge in [-0.25, -0.2) is 10.8 Å². The van der Waals surface area contributed by atoms with Gasteiger partial charge in [0.05, 0.1) is 29.3 Å². The van der Waals surface area contributed by atoms with Crippen LogP contribution in [0.2, 0.25) is 5.02 Å². The molecule has 8 nitrogen and oxygen atoms in total. The van der Waals surface area contributed by atoms with E-state index in [9.17, 15) is 0 Å². The van der Waals surface area contributed by atoms with Crippen LogP contribution in [0.4, 0.5) is 5.82 Å². The van der Waals surface area contributed by atoms with Crippen LogP contribution in [0.25, 0.3) is 21.9 Å². The number of hydrazine groups is 1. The lowest BCUT2D eigenvalue weighted by Gasteiger charge is -2.08. The summed E-state index contributed by atoms with van der Waals surface area (Å²) in [6, 6.07) is 9.31. The molecule has 4 heterocycles. The third kappa shape index (κ3) is 4.51. The Bertz CT molecular complexity index is 1130. The first kappa shape index (κ1) is 20.5. The molecule has 0 unspecified atom stereocenters. The number of benzene rings is 1. The Morgan fingerprint density at radius 1 is 1.10 bits per heavy atom. The summed E-state index contributed by atoms with van der Waals surface area (Å²) in [5, 5.41) is 9.79. The maximum atomic E-state index is 6.14. The minimum atomic E-state index is 0.522. The molecule has 3 aromatic heterocycles. The van der Waals surface area contributed by atoms with Gasteiger partial charge in [-0.05, 0) is 49.6 Å². The molecular weight excluding hydrogens is 402 g/mol. The molecule has 156 valence electrons. The second-order valence-electron chi connectivity index (χ2n) is 7.14. The van der Waals surface area contributed by atoms with E-state index in [4.69, 9.17) is 22.2 Å². The predicted octanol–water partition coefficient (Wildman–Crippen LogP) is 3.63. The van der Waals surface area contributed by atoms with Crippen LogP contribution in [0.15, 0.2) is 36.5 Å². The topological polar surface area (TPSA) is 104 Å². The van der Waals surface area contributed by atoms with Crippen LogP contribution in [-0.4, -0.2) is 37.9 Å². The number of aryl methyl sites for hydroxylation is 1. The van der Waals surface area contributed by atoms with E-state index in [1.54, 1.807) is 12.3 Å². The summed E-state index contributed by atoms with van der Waals surface area (Å²) in [7, 11) is 1.98. The third-order valence-corrected chi connectivity index (χ3v) is 5.27. The van der Waals surface area contributed by atoms with Crippen molar-refractivity contribution in [1.29, 1.82) is 0 Å². The van der Waals surface area contributed by atoms with E-state index in [0.29, 0.717) is 17.3 Å². The van der Waals surface area contributed by atoms with E-state index >= 15 is 0 Å². The molecule has 30 heavy (non-hydrogen) atoms. The zero-order valence-corrected chi connectivity index (χ0v) is 17.6. The number of hydrogen-bond donors (Lipinski definition) is 2. The molecule has 4 aromatic rings. The van der Waals surface area contributed by atoms with Crippen LogP contribution in [0.1, 0.15) is 30.8 Å². The maximum Gasteiger partial charge on any atom is 0.162 e. The van der Waals surface area contributed by atoms with E-state index in [1.165, 1.54) is 19.3 Å². The third-order valence-electron chi connectivity index (χ3n) is 5.04. The number of rotatable bonds is 3. The second-order valence-corrected chi connectivity index (χ2v) is 7.58. The fourth-order valence-corrected chi connectivity index (χ4v) is 3.63. The summed E-state index contributed by atoms with van der Waals surface area (Å²) in [6.45, 7) is 2.00. The van der Waals surface area contributed by atoms with E-state index in [0.717, 1.165) is 46.7 Å². The predicted molar refractivity (Wildman–Crippen MR) is 118 cm³/mol. The molecule has 5 rings (SSSR count). The van der Waals surface area contributed by atoms with Crippen molar-refractivity contribution in [3.05, 3.63) is 53.1 Å². The molecule has 0 spiro atoms. The van der Waals surface area contributed by atoms with E-state index in [1.807, 2.05) is 35.9 Å². The number of aromatic nitrogens is 5. The fraction of sp³-hybridized carbons (Fsp3) is 0.333. The van der Waals surface area contributed by atoms with Crippen molar-refractivity contribution in [3.63, 3.8) is 0 Å². The molecule has 1 saturated heterocycles. The molecule has 0 atom stereocenters. The number of imidazole rings is 1. The first-order valence-electron chi connectivity index (χ1n) is 9.92. The van der Waals surface area contributed by atoms with Gasteiger partial charge in [-0.2, -0.15) is 5.10 Å². The minimum Gasteiger partial charge on any atom is -0.381 e. The molecule has 0 aliphatic carbocycles. The number of nitrogen functional groups attached to an aromatic ring is 1. The van der Waals surface area contributed by atoms with Crippen LogP contribution in [0, 0.1) is 0 Å². The average Bonchev–Trinajstić information content (AvgIpc) is 3.11. The van der Waals surface area contributed by atoms with Crippen molar-refractivity contribution >= 4 is 39.4 Å². The Labute approximate surface area is 179 Å². The van der Waals surface area contributed by atoms with E-state index in [2.05, 4.69) is 25.6 Å². The van der Waals surface area contributed by atoms with Gasteiger partial charge in [0, 0.05) is 30.7 Å². The van der Waals surface area contributed by atoms with Crippen LogP contribution < -0.4 is 11.3 Å². The molecule has 3 N–H and O–H groups in total. The average molecular weight is 426 g/mol. The minimum absolute atomic E-state index is 0.522. The van der Waals surface area contributed by atoms with E-state index < -0.39 is 0 Å². The Balaban J connectivity index is 0.000000313. The Hall–Kier alpha value is -2.81. The van der Waals surface area contributed by atoms with Gasteiger partial charge >= 0.3 is 0 Å². The highest BCUT2D eigenvalue weighted by atomic mass is 35.5. The van der Waals surface area contributed by atoms with Crippen molar-refractivity contribution in [2.24, 2.45) is 12.9 Å². The summed E-state index contributed by atoms with van der Waals surface area (Å²) in [5.41, 5.74) is 5.99. The van der Waals surface area contributed by atoms with Crippen LogP contribution >= 0.6 is 11.6 Å². The highest BCUT2D eigenvalue weighted by Gasteiger charge is 2.13. The summed E-state index contributed by atoms with van der Waals surface area (Å²) in [4.78, 5) is 9.13. The summed E-state index contributed by atoms with van der Waals surface area (Å²) < 4.78 is 7.12. The first-order valence-corrected chi connectivity index (χ1v) is 10.3. The molecule has 9 heteroatoms. The van der Waals surface area contributed by atoms with Crippen LogP contribution in [0.5, 0.6) is 0 Å². The standard InChI is InChI=1S/C16H14ClN7.C5H10O/c1-24-15(7-10-3-5-14(21-18)23-22-10)20-13-8-19-12-4-2-9(17)6-11(12)16(13)24;1-2-4-6-5-3-1/h2-6,8H,7,18H2,1H3,(H,21,23);1-5H2. The lowest BCUT2D eigenvalue weighted by atomic mass is 10.2. The van der Waals surface area contributed by atoms with Gasteiger partial charge in [-0.1, -0.05) is 11.6 Å². The van der Waals surface area contributed by atoms with Crippen molar-refractivity contribution in [1.82, 2.24) is 24.7 Å². The smallest absolute Gasteiger partial charge is 0.162 e. The summed E-state index contributed by atoms with van der Waals surface area (Å²) in [6.07, 6.45) is 6.27. The number of pyridine rings is 1. The number of nitrogens with zero attached hydrogens (tertiary/aromatic N) is 5. The summed E-state index contributed by atoms with van der Waals surface area (Å²) in [5.74, 6) is 6.70. The van der Waals surface area contributed by atoms with Crippen molar-refractivity contribution in [2.45, 2.75) is 25.7 Å². The Morgan fingerprint density at radius 3 is 2.57 bits per heavy atom. The largest absolute Gasteiger partial charge is 0.381 e. The zero-order chi connectivity index (χ0) is 20.9. The molecule has 1 aromatic carbocycles. The maximum absolute atomic E-state index is 6.14. The molecule has 0 saturated carbocycles. The second kappa shape index (κ2) is 9.34. The number of nitrogens with one attached hydrogen (secondary N) is 1. The van der Waals surface area contributed by atoms with Gasteiger partial charge in [0.15, 0.2) is 5.82 Å². The molecule has 0 amide bonds. The molecule has 0 bridgehead atoms. The zero-order valence-electron chi connectivity index (χ0n) is 16.8. The van der Waals surface area contributed by atoms with Gasteiger partial charge in [-0.15, -0.1) is 5.10 Å². The molecule has 0 radical (unpaired) electrons. The summed E-state index contributed by atoms with van der Waals surface area (Å²) >= 11 is 6.14. The highest BCUT2D eigenvalue weighted by molar-refractivity contribution is 6.31. The normalized spacial score (nSPS) is 13.8. The molecular formula is C21H24ClN7O. The van der Waals surface area contributed by atoms with Crippen LogP contribution in [0.3, 0.4) is 0 Å². The number of nitrogens with two attached hydrogens (primary N) is 1. The number of halogens is 1.